The number of allylic oxidation sites excluding steroid dienone is 1. The van der Waals surface area contributed by atoms with Crippen molar-refractivity contribution in [1.29, 1.82) is 0 Å². The van der Waals surface area contributed by atoms with E-state index in [0.29, 0.717) is 10.2 Å². The minimum Gasteiger partial charge on any atom is -0.488 e. The van der Waals surface area contributed by atoms with Crippen molar-refractivity contribution in [3.63, 3.8) is 0 Å². The van der Waals surface area contributed by atoms with Gasteiger partial charge in [0.25, 0.3) is 0 Å². The molecule has 0 spiro atoms. The smallest absolute Gasteiger partial charge is 0.326 e. The van der Waals surface area contributed by atoms with Crippen molar-refractivity contribution in [2.45, 2.75) is 0 Å². The van der Waals surface area contributed by atoms with E-state index in [-0.39, 0.29) is 17.1 Å². The first kappa shape index (κ1) is 10.0. The van der Waals surface area contributed by atoms with Crippen LogP contribution in [0.1, 0.15) is 0 Å². The first-order chi connectivity index (χ1) is 5.17. The third kappa shape index (κ3) is 2.63. The standard InChI is InChI=1S/C6H12O4Si/c1-8-4(5(7)11)6(9-2)10-3/h1-3,11H3. The molecule has 64 valence electrons. The second kappa shape index (κ2) is 4.78. The lowest BCUT2D eigenvalue weighted by molar-refractivity contribution is -0.112. The zero-order valence-electron chi connectivity index (χ0n) is 7.13. The molecule has 0 heterocycles. The third-order valence-corrected chi connectivity index (χ3v) is 1.53. The van der Waals surface area contributed by atoms with Gasteiger partial charge in [-0.2, -0.15) is 0 Å². The summed E-state index contributed by atoms with van der Waals surface area (Å²) in [6.07, 6.45) is 0. The van der Waals surface area contributed by atoms with E-state index >= 15 is 0 Å². The second-order valence-corrected chi connectivity index (χ2v) is 2.69. The number of hydrogen-bond acceptors (Lipinski definition) is 4. The lowest BCUT2D eigenvalue weighted by Gasteiger charge is -2.08. The Labute approximate surface area is 68.5 Å². The summed E-state index contributed by atoms with van der Waals surface area (Å²) in [6.45, 7) is 0. The highest BCUT2D eigenvalue weighted by Crippen LogP contribution is 2.06. The molecule has 0 aromatic carbocycles. The van der Waals surface area contributed by atoms with Crippen LogP contribution in [0.3, 0.4) is 0 Å². The Kier molecular flexibility index (Phi) is 4.36. The normalized spacial score (nSPS) is 8.64. The van der Waals surface area contributed by atoms with E-state index in [4.69, 9.17) is 14.2 Å². The van der Waals surface area contributed by atoms with Crippen LogP contribution in [-0.2, 0) is 19.0 Å². The molecule has 5 heteroatoms. The fourth-order valence-electron chi connectivity index (χ4n) is 0.640. The molecular formula is C6H12O4Si. The Morgan fingerprint density at radius 3 is 1.64 bits per heavy atom. The first-order valence-electron chi connectivity index (χ1n) is 3.04. The van der Waals surface area contributed by atoms with E-state index in [0.717, 1.165) is 0 Å². The Morgan fingerprint density at radius 1 is 1.09 bits per heavy atom. The number of carbonyl (C=O) groups is 1. The molecule has 0 aliphatic carbocycles. The Bertz CT molecular complexity index is 169. The van der Waals surface area contributed by atoms with Gasteiger partial charge in [0.2, 0.25) is 5.76 Å². The first-order valence-corrected chi connectivity index (χ1v) is 4.04. The molecule has 0 aliphatic rings. The summed E-state index contributed by atoms with van der Waals surface area (Å²) in [5.74, 6) is 0.286. The zero-order valence-corrected chi connectivity index (χ0v) is 9.13. The van der Waals surface area contributed by atoms with E-state index in [1.807, 2.05) is 0 Å². The molecule has 0 amide bonds. The minimum absolute atomic E-state index is 0.0915. The maximum absolute atomic E-state index is 10.9. The topological polar surface area (TPSA) is 44.8 Å². The van der Waals surface area contributed by atoms with Gasteiger partial charge in [-0.3, -0.25) is 4.79 Å². The Hall–Kier alpha value is -0.973. The summed E-state index contributed by atoms with van der Waals surface area (Å²) in [7, 11) is 4.63. The van der Waals surface area contributed by atoms with Crippen LogP contribution in [0.25, 0.3) is 0 Å². The van der Waals surface area contributed by atoms with Gasteiger partial charge in [-0.25, -0.2) is 0 Å². The van der Waals surface area contributed by atoms with Crippen molar-refractivity contribution in [3.05, 3.63) is 11.7 Å². The van der Waals surface area contributed by atoms with Crippen LogP contribution in [0, 0.1) is 0 Å². The predicted octanol–water partition coefficient (Wildman–Crippen LogP) is -1.01. The van der Waals surface area contributed by atoms with Crippen molar-refractivity contribution >= 4 is 15.6 Å². The van der Waals surface area contributed by atoms with E-state index in [1.54, 1.807) is 0 Å². The molecule has 0 aliphatic heterocycles. The lowest BCUT2D eigenvalue weighted by Crippen LogP contribution is -2.09. The molecule has 0 aromatic rings. The maximum Gasteiger partial charge on any atom is 0.326 e. The van der Waals surface area contributed by atoms with Crippen molar-refractivity contribution in [2.24, 2.45) is 0 Å². The molecule has 0 radical (unpaired) electrons. The fraction of sp³-hybridized carbons (Fsp3) is 0.500. The quantitative estimate of drug-likeness (QED) is 0.313. The van der Waals surface area contributed by atoms with Crippen molar-refractivity contribution in [2.75, 3.05) is 21.3 Å². The summed E-state index contributed by atoms with van der Waals surface area (Å²) in [5, 5.41) is -0.0915. The number of carbonyl (C=O) groups excluding carboxylic acids is 1. The number of hydrogen-bond donors (Lipinski definition) is 0. The van der Waals surface area contributed by atoms with Gasteiger partial charge in [-0.05, 0) is 0 Å². The molecule has 11 heavy (non-hydrogen) atoms. The van der Waals surface area contributed by atoms with Gasteiger partial charge in [0.05, 0.1) is 31.6 Å². The summed E-state index contributed by atoms with van der Waals surface area (Å²) < 4.78 is 14.3. The average Bonchev–Trinajstić information content (AvgIpc) is 1.99. The highest BCUT2D eigenvalue weighted by Gasteiger charge is 2.12. The average molecular weight is 176 g/mol. The lowest BCUT2D eigenvalue weighted by atomic mass is 10.6. The largest absolute Gasteiger partial charge is 0.488 e. The maximum atomic E-state index is 10.9. The van der Waals surface area contributed by atoms with Gasteiger partial charge < -0.3 is 14.2 Å². The van der Waals surface area contributed by atoms with Crippen LogP contribution < -0.4 is 0 Å². The second-order valence-electron chi connectivity index (χ2n) is 1.79. The Morgan fingerprint density at radius 2 is 1.55 bits per heavy atom. The van der Waals surface area contributed by atoms with Crippen LogP contribution in [0.4, 0.5) is 0 Å². The monoisotopic (exact) mass is 176 g/mol. The predicted molar refractivity (Wildman–Crippen MR) is 43.0 cm³/mol. The van der Waals surface area contributed by atoms with Crippen LogP contribution >= 0.6 is 0 Å². The van der Waals surface area contributed by atoms with Crippen molar-refractivity contribution in [1.82, 2.24) is 0 Å². The molecule has 0 atom stereocenters. The fourth-order valence-corrected chi connectivity index (χ4v) is 1.05. The van der Waals surface area contributed by atoms with Crippen LogP contribution in [-0.4, -0.2) is 37.0 Å². The summed E-state index contributed by atoms with van der Waals surface area (Å²) in [6, 6.07) is 0. The van der Waals surface area contributed by atoms with Crippen molar-refractivity contribution in [3.8, 4) is 0 Å². The SMILES string of the molecule is COC(OC)=C(OC)C(=O)[SiH3]. The zero-order chi connectivity index (χ0) is 8.85. The number of rotatable bonds is 4. The van der Waals surface area contributed by atoms with Crippen LogP contribution in [0.15, 0.2) is 11.7 Å². The summed E-state index contributed by atoms with van der Waals surface area (Å²) >= 11 is 0. The van der Waals surface area contributed by atoms with Gasteiger partial charge in [-0.1, -0.05) is 0 Å². The molecular weight excluding hydrogens is 164 g/mol. The molecule has 0 bridgehead atoms. The van der Waals surface area contributed by atoms with Gasteiger partial charge >= 0.3 is 5.95 Å². The van der Waals surface area contributed by atoms with Gasteiger partial charge in [0.15, 0.2) is 5.41 Å². The molecule has 0 saturated heterocycles. The third-order valence-electron chi connectivity index (χ3n) is 1.08. The van der Waals surface area contributed by atoms with E-state index < -0.39 is 0 Å². The molecule has 0 fully saturated rings. The van der Waals surface area contributed by atoms with E-state index in [1.165, 1.54) is 21.3 Å². The summed E-state index contributed by atoms with van der Waals surface area (Å²) in [5.41, 5.74) is 0. The van der Waals surface area contributed by atoms with Crippen LogP contribution in [0.2, 0.25) is 0 Å². The highest BCUT2D eigenvalue weighted by atomic mass is 28.1. The molecule has 0 saturated carbocycles. The van der Waals surface area contributed by atoms with E-state index in [2.05, 4.69) is 0 Å². The van der Waals surface area contributed by atoms with E-state index in [9.17, 15) is 4.79 Å². The van der Waals surface area contributed by atoms with Crippen molar-refractivity contribution < 1.29 is 19.0 Å². The van der Waals surface area contributed by atoms with Gasteiger partial charge in [0, 0.05) is 0 Å². The molecule has 4 nitrogen and oxygen atoms in total. The highest BCUT2D eigenvalue weighted by molar-refractivity contribution is 6.61. The van der Waals surface area contributed by atoms with Gasteiger partial charge in [-0.15, -0.1) is 0 Å². The van der Waals surface area contributed by atoms with Crippen LogP contribution in [0.5, 0.6) is 0 Å². The molecule has 0 rings (SSSR count). The molecule has 0 unspecified atom stereocenters. The van der Waals surface area contributed by atoms with Gasteiger partial charge in [0.1, 0.15) is 0 Å². The Balaban J connectivity index is 4.62. The minimum atomic E-state index is -0.0915. The molecule has 0 N–H and O–H groups in total. The summed E-state index contributed by atoms with van der Waals surface area (Å²) in [4.78, 5) is 10.9. The number of ether oxygens (including phenoxy) is 3. The number of methoxy groups -OCH3 is 3. The molecule has 0 aromatic heterocycles.